The van der Waals surface area contributed by atoms with Crippen LogP contribution in [0.4, 0.5) is 0 Å². The molecule has 0 aromatic carbocycles. The van der Waals surface area contributed by atoms with Crippen molar-refractivity contribution in [1.29, 1.82) is 0 Å². The van der Waals surface area contributed by atoms with Crippen molar-refractivity contribution in [3.8, 4) is 0 Å². The first-order valence-electron chi connectivity index (χ1n) is 4.14. The standard InChI is InChI=1S/C9H13NO3/c1-6-8(11)9(12)7(5-10-6)3-4-13-2/h5,7,11H,3-4H2,1-2H3. The zero-order chi connectivity index (χ0) is 9.84. The molecular weight excluding hydrogens is 170 g/mol. The molecule has 0 saturated heterocycles. The summed E-state index contributed by atoms with van der Waals surface area (Å²) in [5, 5.41) is 9.29. The number of hydrogen-bond donors (Lipinski definition) is 1. The second-order valence-corrected chi connectivity index (χ2v) is 2.96. The minimum absolute atomic E-state index is 0.219. The van der Waals surface area contributed by atoms with Crippen molar-refractivity contribution < 1.29 is 14.6 Å². The van der Waals surface area contributed by atoms with Gasteiger partial charge in [0.05, 0.1) is 11.6 Å². The van der Waals surface area contributed by atoms with Crippen molar-refractivity contribution in [1.82, 2.24) is 0 Å². The van der Waals surface area contributed by atoms with Crippen molar-refractivity contribution in [3.63, 3.8) is 0 Å². The molecule has 0 aliphatic carbocycles. The maximum atomic E-state index is 11.4. The van der Waals surface area contributed by atoms with Gasteiger partial charge in [0.15, 0.2) is 5.76 Å². The van der Waals surface area contributed by atoms with Gasteiger partial charge in [-0.3, -0.25) is 9.79 Å². The van der Waals surface area contributed by atoms with Crippen LogP contribution in [0.25, 0.3) is 0 Å². The molecule has 1 aliphatic heterocycles. The Bertz CT molecular complexity index is 268. The number of Topliss-reactive ketones (excluding diaryl/α,β-unsaturated/α-hetero) is 1. The Morgan fingerprint density at radius 1 is 1.69 bits per heavy atom. The zero-order valence-corrected chi connectivity index (χ0v) is 7.78. The number of nitrogens with zero attached hydrogens (tertiary/aromatic N) is 1. The molecule has 13 heavy (non-hydrogen) atoms. The van der Waals surface area contributed by atoms with Crippen LogP contribution in [-0.4, -0.2) is 30.8 Å². The van der Waals surface area contributed by atoms with Crippen LogP contribution in [0.5, 0.6) is 0 Å². The Kier molecular flexibility index (Phi) is 3.19. The van der Waals surface area contributed by atoms with Crippen LogP contribution in [0.2, 0.25) is 0 Å². The number of carbonyl (C=O) groups is 1. The van der Waals surface area contributed by atoms with Gasteiger partial charge in [-0.2, -0.15) is 0 Å². The minimum atomic E-state index is -0.330. The van der Waals surface area contributed by atoms with Crippen molar-refractivity contribution in [2.45, 2.75) is 13.3 Å². The average Bonchev–Trinajstić information content (AvgIpc) is 2.13. The largest absolute Gasteiger partial charge is 0.503 e. The quantitative estimate of drug-likeness (QED) is 0.712. The van der Waals surface area contributed by atoms with E-state index in [-0.39, 0.29) is 17.5 Å². The number of methoxy groups -OCH3 is 1. The van der Waals surface area contributed by atoms with E-state index in [0.29, 0.717) is 18.7 Å². The third-order valence-electron chi connectivity index (χ3n) is 1.99. The highest BCUT2D eigenvalue weighted by atomic mass is 16.5. The molecule has 1 heterocycles. The molecule has 1 atom stereocenters. The summed E-state index contributed by atoms with van der Waals surface area (Å²) in [6, 6.07) is 0. The number of aliphatic imine (C=N–C) groups is 1. The SMILES string of the molecule is COCCC1C=NC(C)=C(O)C1=O. The lowest BCUT2D eigenvalue weighted by atomic mass is 9.98. The predicted octanol–water partition coefficient (Wildman–Crippen LogP) is 1.08. The van der Waals surface area contributed by atoms with Crippen LogP contribution in [0.3, 0.4) is 0 Å². The lowest BCUT2D eigenvalue weighted by Crippen LogP contribution is -2.23. The summed E-state index contributed by atoms with van der Waals surface area (Å²) in [6.07, 6.45) is 2.13. The summed E-state index contributed by atoms with van der Waals surface area (Å²) in [7, 11) is 1.57. The van der Waals surface area contributed by atoms with Crippen LogP contribution < -0.4 is 0 Å². The van der Waals surface area contributed by atoms with Gasteiger partial charge in [-0.15, -0.1) is 0 Å². The normalized spacial score (nSPS) is 22.6. The van der Waals surface area contributed by atoms with E-state index in [0.717, 1.165) is 0 Å². The van der Waals surface area contributed by atoms with E-state index in [1.165, 1.54) is 0 Å². The lowest BCUT2D eigenvalue weighted by Gasteiger charge is -2.14. The van der Waals surface area contributed by atoms with Crippen molar-refractivity contribution >= 4 is 12.0 Å². The third-order valence-corrected chi connectivity index (χ3v) is 1.99. The van der Waals surface area contributed by atoms with Gasteiger partial charge in [-0.1, -0.05) is 0 Å². The van der Waals surface area contributed by atoms with Crippen molar-refractivity contribution in [2.75, 3.05) is 13.7 Å². The van der Waals surface area contributed by atoms with Gasteiger partial charge in [0.2, 0.25) is 5.78 Å². The van der Waals surface area contributed by atoms with Crippen LogP contribution in [0.1, 0.15) is 13.3 Å². The molecule has 1 rings (SSSR count). The number of rotatable bonds is 3. The summed E-state index contributed by atoms with van der Waals surface area (Å²) in [4.78, 5) is 15.3. The molecule has 1 aliphatic rings. The highest BCUT2D eigenvalue weighted by Crippen LogP contribution is 2.17. The first kappa shape index (κ1) is 9.92. The van der Waals surface area contributed by atoms with Gasteiger partial charge >= 0.3 is 0 Å². The van der Waals surface area contributed by atoms with Gasteiger partial charge in [-0.05, 0) is 13.3 Å². The van der Waals surface area contributed by atoms with E-state index in [2.05, 4.69) is 4.99 Å². The second-order valence-electron chi connectivity index (χ2n) is 2.96. The van der Waals surface area contributed by atoms with Gasteiger partial charge in [0.1, 0.15) is 0 Å². The summed E-state index contributed by atoms with van der Waals surface area (Å²) < 4.78 is 4.84. The number of ether oxygens (including phenoxy) is 1. The average molecular weight is 183 g/mol. The molecule has 1 N–H and O–H groups in total. The molecule has 0 amide bonds. The lowest BCUT2D eigenvalue weighted by molar-refractivity contribution is -0.120. The van der Waals surface area contributed by atoms with Gasteiger partial charge in [-0.25, -0.2) is 0 Å². The number of aliphatic hydroxyl groups is 1. The number of allylic oxidation sites excluding steroid dienone is 2. The Morgan fingerprint density at radius 2 is 2.38 bits per heavy atom. The molecule has 0 aromatic rings. The maximum Gasteiger partial charge on any atom is 0.207 e. The first-order valence-corrected chi connectivity index (χ1v) is 4.14. The maximum absolute atomic E-state index is 11.4. The topological polar surface area (TPSA) is 58.9 Å². The number of carbonyl (C=O) groups excluding carboxylic acids is 1. The number of aliphatic hydroxyl groups excluding tert-OH is 1. The van der Waals surface area contributed by atoms with Crippen molar-refractivity contribution in [2.24, 2.45) is 10.9 Å². The molecule has 0 bridgehead atoms. The zero-order valence-electron chi connectivity index (χ0n) is 7.78. The molecule has 0 saturated carbocycles. The summed E-state index contributed by atoms with van der Waals surface area (Å²) in [5.41, 5.74) is 0.388. The van der Waals surface area contributed by atoms with Crippen LogP contribution >= 0.6 is 0 Å². The molecule has 72 valence electrons. The van der Waals surface area contributed by atoms with Crippen LogP contribution in [0.15, 0.2) is 16.4 Å². The first-order chi connectivity index (χ1) is 6.16. The highest BCUT2D eigenvalue weighted by Gasteiger charge is 2.24. The second kappa shape index (κ2) is 4.18. The molecule has 1 unspecified atom stereocenters. The fourth-order valence-corrected chi connectivity index (χ4v) is 1.13. The highest BCUT2D eigenvalue weighted by molar-refractivity contribution is 6.06. The smallest absolute Gasteiger partial charge is 0.207 e. The van der Waals surface area contributed by atoms with E-state index in [4.69, 9.17) is 4.74 Å². The summed E-state index contributed by atoms with van der Waals surface area (Å²) in [5.74, 6) is -0.809. The Labute approximate surface area is 76.9 Å². The monoisotopic (exact) mass is 183 g/mol. The van der Waals surface area contributed by atoms with E-state index < -0.39 is 0 Å². The number of hydrogen-bond acceptors (Lipinski definition) is 4. The fourth-order valence-electron chi connectivity index (χ4n) is 1.13. The Morgan fingerprint density at radius 3 is 3.00 bits per heavy atom. The van der Waals surface area contributed by atoms with Crippen LogP contribution in [0, 0.1) is 5.92 Å². The molecule has 4 heteroatoms. The van der Waals surface area contributed by atoms with Gasteiger partial charge < -0.3 is 9.84 Å². The molecule has 0 radical (unpaired) electrons. The van der Waals surface area contributed by atoms with E-state index in [1.807, 2.05) is 0 Å². The molecule has 0 fully saturated rings. The predicted molar refractivity (Wildman–Crippen MR) is 48.8 cm³/mol. The minimum Gasteiger partial charge on any atom is -0.503 e. The molecule has 0 spiro atoms. The van der Waals surface area contributed by atoms with Crippen molar-refractivity contribution in [3.05, 3.63) is 11.5 Å². The van der Waals surface area contributed by atoms with Gasteiger partial charge in [0.25, 0.3) is 0 Å². The van der Waals surface area contributed by atoms with E-state index in [1.54, 1.807) is 20.2 Å². The fraction of sp³-hybridized carbons (Fsp3) is 0.556. The molecular formula is C9H13NO3. The molecule has 0 aromatic heterocycles. The van der Waals surface area contributed by atoms with Crippen LogP contribution in [-0.2, 0) is 9.53 Å². The Balaban J connectivity index is 2.64. The van der Waals surface area contributed by atoms with E-state index in [9.17, 15) is 9.90 Å². The molecule has 4 nitrogen and oxygen atoms in total. The number of ketones is 1. The third kappa shape index (κ3) is 2.15. The summed E-state index contributed by atoms with van der Waals surface area (Å²) >= 11 is 0. The van der Waals surface area contributed by atoms with Gasteiger partial charge in [0, 0.05) is 19.9 Å². The summed E-state index contributed by atoms with van der Waals surface area (Å²) in [6.45, 7) is 2.10. The Hall–Kier alpha value is -1.16. The van der Waals surface area contributed by atoms with E-state index >= 15 is 0 Å².